The molecule has 0 saturated carbocycles. The number of nitrogens with zero attached hydrogens (tertiary/aromatic N) is 3. The third-order valence-corrected chi connectivity index (χ3v) is 4.32. The molecule has 0 bridgehead atoms. The maximum atomic E-state index is 12.2. The number of non-ortho nitro benzene ring substituents is 1. The molecule has 2 amide bonds. The number of H-pyrrole nitrogens is 1. The lowest BCUT2D eigenvalue weighted by atomic mass is 10.2. The number of benzene rings is 2. The summed E-state index contributed by atoms with van der Waals surface area (Å²) < 4.78 is 0. The van der Waals surface area contributed by atoms with Gasteiger partial charge in [-0.3, -0.25) is 10.1 Å². The molecule has 10 heteroatoms. The number of urea groups is 1. The minimum Gasteiger partial charge on any atom is -0.337 e. The first-order valence-corrected chi connectivity index (χ1v) is 8.73. The minimum atomic E-state index is -0.519. The SMILES string of the molecule is O=C(Nc1cccc([N+](=O)[O-])c1)Nc1ccc2nc(-c3cscn3)[nH]c2c1. The van der Waals surface area contributed by atoms with Crippen molar-refractivity contribution in [3.63, 3.8) is 0 Å². The van der Waals surface area contributed by atoms with E-state index >= 15 is 0 Å². The number of hydrogen-bond acceptors (Lipinski definition) is 6. The zero-order chi connectivity index (χ0) is 18.8. The lowest BCUT2D eigenvalue weighted by Crippen LogP contribution is -2.19. The summed E-state index contributed by atoms with van der Waals surface area (Å²) in [6.07, 6.45) is 0. The molecule has 2 aromatic carbocycles. The number of rotatable bonds is 4. The fraction of sp³-hybridized carbons (Fsp3) is 0. The highest BCUT2D eigenvalue weighted by Crippen LogP contribution is 2.23. The number of nitro groups is 1. The largest absolute Gasteiger partial charge is 0.337 e. The number of amides is 2. The molecule has 27 heavy (non-hydrogen) atoms. The molecule has 0 spiro atoms. The third-order valence-electron chi connectivity index (χ3n) is 3.73. The summed E-state index contributed by atoms with van der Waals surface area (Å²) in [4.78, 5) is 34.3. The number of imidazole rings is 1. The van der Waals surface area contributed by atoms with E-state index in [4.69, 9.17) is 0 Å². The highest BCUT2D eigenvalue weighted by atomic mass is 32.1. The summed E-state index contributed by atoms with van der Waals surface area (Å²) in [5.74, 6) is 0.657. The summed E-state index contributed by atoms with van der Waals surface area (Å²) in [6.45, 7) is 0. The number of anilines is 2. The monoisotopic (exact) mass is 380 g/mol. The summed E-state index contributed by atoms with van der Waals surface area (Å²) in [5.41, 5.74) is 4.78. The summed E-state index contributed by atoms with van der Waals surface area (Å²) in [5, 5.41) is 18.0. The molecule has 2 aromatic heterocycles. The van der Waals surface area contributed by atoms with Crippen LogP contribution >= 0.6 is 11.3 Å². The number of fused-ring (bicyclic) bond motifs is 1. The third kappa shape index (κ3) is 3.60. The Morgan fingerprint density at radius 3 is 2.70 bits per heavy atom. The Balaban J connectivity index is 1.50. The fourth-order valence-corrected chi connectivity index (χ4v) is 3.07. The number of aromatic amines is 1. The molecule has 0 aliphatic carbocycles. The van der Waals surface area contributed by atoms with Crippen LogP contribution in [0.4, 0.5) is 21.9 Å². The van der Waals surface area contributed by atoms with E-state index in [1.165, 1.54) is 29.5 Å². The van der Waals surface area contributed by atoms with Gasteiger partial charge < -0.3 is 15.6 Å². The zero-order valence-corrected chi connectivity index (χ0v) is 14.5. The number of hydrogen-bond donors (Lipinski definition) is 3. The molecule has 0 aliphatic rings. The smallest absolute Gasteiger partial charge is 0.323 e. The molecule has 3 N–H and O–H groups in total. The Morgan fingerprint density at radius 2 is 1.96 bits per heavy atom. The van der Waals surface area contributed by atoms with Gasteiger partial charge in [0.25, 0.3) is 5.69 Å². The maximum Gasteiger partial charge on any atom is 0.323 e. The lowest BCUT2D eigenvalue weighted by Gasteiger charge is -2.07. The van der Waals surface area contributed by atoms with E-state index in [0.29, 0.717) is 17.2 Å². The van der Waals surface area contributed by atoms with Gasteiger partial charge in [-0.15, -0.1) is 11.3 Å². The first-order chi connectivity index (χ1) is 13.1. The summed E-state index contributed by atoms with van der Waals surface area (Å²) in [7, 11) is 0. The zero-order valence-electron chi connectivity index (χ0n) is 13.7. The predicted octanol–water partition coefficient (Wildman–Crippen LogP) is 4.24. The van der Waals surface area contributed by atoms with Crippen LogP contribution in [0, 0.1) is 10.1 Å². The quantitative estimate of drug-likeness (QED) is 0.361. The normalized spacial score (nSPS) is 10.7. The molecule has 9 nitrogen and oxygen atoms in total. The van der Waals surface area contributed by atoms with Crippen LogP contribution < -0.4 is 10.6 Å². The molecule has 0 fully saturated rings. The molecule has 0 atom stereocenters. The molecule has 4 rings (SSSR count). The van der Waals surface area contributed by atoms with Crippen molar-refractivity contribution in [2.45, 2.75) is 0 Å². The van der Waals surface area contributed by atoms with E-state index in [1.807, 2.05) is 5.38 Å². The molecule has 0 aliphatic heterocycles. The van der Waals surface area contributed by atoms with Crippen LogP contribution in [-0.2, 0) is 0 Å². The van der Waals surface area contributed by atoms with Crippen molar-refractivity contribution in [2.24, 2.45) is 0 Å². The van der Waals surface area contributed by atoms with Gasteiger partial charge >= 0.3 is 6.03 Å². The molecule has 0 radical (unpaired) electrons. The first kappa shape index (κ1) is 16.7. The Kier molecular flexibility index (Phi) is 4.22. The Bertz CT molecular complexity index is 1140. The second-order valence-electron chi connectivity index (χ2n) is 5.58. The van der Waals surface area contributed by atoms with Crippen molar-refractivity contribution >= 4 is 45.5 Å². The van der Waals surface area contributed by atoms with Crippen molar-refractivity contribution in [1.82, 2.24) is 15.0 Å². The van der Waals surface area contributed by atoms with E-state index in [0.717, 1.165) is 16.7 Å². The molecule has 4 aromatic rings. The van der Waals surface area contributed by atoms with Crippen LogP contribution in [0.15, 0.2) is 53.4 Å². The highest BCUT2D eigenvalue weighted by Gasteiger charge is 2.10. The van der Waals surface area contributed by atoms with Crippen LogP contribution in [0.1, 0.15) is 0 Å². The van der Waals surface area contributed by atoms with Crippen molar-refractivity contribution in [2.75, 3.05) is 10.6 Å². The number of carbonyl (C=O) groups excluding carboxylic acids is 1. The van der Waals surface area contributed by atoms with E-state index in [9.17, 15) is 14.9 Å². The second-order valence-corrected chi connectivity index (χ2v) is 6.30. The van der Waals surface area contributed by atoms with Gasteiger partial charge in [0.15, 0.2) is 5.82 Å². The van der Waals surface area contributed by atoms with Gasteiger partial charge in [-0.2, -0.15) is 0 Å². The number of thiazole rings is 1. The van der Waals surface area contributed by atoms with Crippen LogP contribution in [-0.4, -0.2) is 25.9 Å². The molecular formula is C17H12N6O3S. The molecule has 134 valence electrons. The Labute approximate surface area is 156 Å². The van der Waals surface area contributed by atoms with Gasteiger partial charge in [0.1, 0.15) is 5.69 Å². The second kappa shape index (κ2) is 6.84. The van der Waals surface area contributed by atoms with Crippen LogP contribution in [0.3, 0.4) is 0 Å². The summed E-state index contributed by atoms with van der Waals surface area (Å²) in [6, 6.07) is 10.5. The standard InChI is InChI=1S/C17H12N6O3S/c24-17(19-10-2-1-3-12(6-10)23(25)26)20-11-4-5-13-14(7-11)22-16(21-13)15-8-27-9-18-15/h1-9H,(H,21,22)(H2,19,20,24). The van der Waals surface area contributed by atoms with Crippen molar-refractivity contribution in [3.05, 3.63) is 63.5 Å². The van der Waals surface area contributed by atoms with E-state index < -0.39 is 11.0 Å². The average molecular weight is 380 g/mol. The molecule has 2 heterocycles. The van der Waals surface area contributed by atoms with Crippen molar-refractivity contribution in [3.8, 4) is 11.5 Å². The van der Waals surface area contributed by atoms with Crippen LogP contribution in [0.5, 0.6) is 0 Å². The van der Waals surface area contributed by atoms with E-state index in [2.05, 4.69) is 25.6 Å². The number of carbonyl (C=O) groups is 1. The lowest BCUT2D eigenvalue weighted by molar-refractivity contribution is -0.384. The van der Waals surface area contributed by atoms with Gasteiger partial charge in [0.05, 0.1) is 21.5 Å². The van der Waals surface area contributed by atoms with Gasteiger partial charge in [-0.1, -0.05) is 6.07 Å². The average Bonchev–Trinajstić information content (AvgIpc) is 3.30. The van der Waals surface area contributed by atoms with Gasteiger partial charge in [-0.25, -0.2) is 14.8 Å². The topological polar surface area (TPSA) is 126 Å². The maximum absolute atomic E-state index is 12.2. The van der Waals surface area contributed by atoms with Crippen LogP contribution in [0.2, 0.25) is 0 Å². The Hall–Kier alpha value is -3.79. The molecular weight excluding hydrogens is 368 g/mol. The van der Waals surface area contributed by atoms with Gasteiger partial charge in [0.2, 0.25) is 0 Å². The van der Waals surface area contributed by atoms with Gasteiger partial charge in [0, 0.05) is 28.9 Å². The number of nitro benzene ring substituents is 1. The molecule has 0 unspecified atom stereocenters. The molecule has 0 saturated heterocycles. The number of nitrogens with one attached hydrogen (secondary N) is 3. The van der Waals surface area contributed by atoms with Crippen molar-refractivity contribution < 1.29 is 9.72 Å². The van der Waals surface area contributed by atoms with E-state index in [-0.39, 0.29) is 5.69 Å². The van der Waals surface area contributed by atoms with Crippen LogP contribution in [0.25, 0.3) is 22.6 Å². The highest BCUT2D eigenvalue weighted by molar-refractivity contribution is 7.07. The predicted molar refractivity (Wildman–Crippen MR) is 103 cm³/mol. The first-order valence-electron chi connectivity index (χ1n) is 7.79. The number of aromatic nitrogens is 3. The summed E-state index contributed by atoms with van der Waals surface area (Å²) >= 11 is 1.48. The minimum absolute atomic E-state index is 0.0961. The van der Waals surface area contributed by atoms with Crippen molar-refractivity contribution in [1.29, 1.82) is 0 Å². The fourth-order valence-electron chi connectivity index (χ4n) is 2.53. The Morgan fingerprint density at radius 1 is 1.15 bits per heavy atom. The van der Waals surface area contributed by atoms with Gasteiger partial charge in [-0.05, 0) is 24.3 Å². The van der Waals surface area contributed by atoms with E-state index in [1.54, 1.807) is 29.8 Å².